The molecule has 1 amide bonds. The number of fused-ring (bicyclic) bond motifs is 1. The average molecular weight is 295 g/mol. The lowest BCUT2D eigenvalue weighted by molar-refractivity contribution is -0.153. The standard InChI is InChI=1S/C18H17NO3/c1-11-8-9-12(2)16-15(11)17(18(21)19-16)22-14(20)10-13-6-4-3-5-7-13/h3-9,17H,10H2,1-2H3,(H,19,21). The lowest BCUT2D eigenvalue weighted by Crippen LogP contribution is -2.20. The van der Waals surface area contributed by atoms with Crippen molar-refractivity contribution in [3.63, 3.8) is 0 Å². The molecule has 2 aromatic carbocycles. The molecule has 0 aliphatic carbocycles. The molecule has 4 heteroatoms. The first-order valence-electron chi connectivity index (χ1n) is 7.20. The van der Waals surface area contributed by atoms with Gasteiger partial charge in [0.05, 0.1) is 12.1 Å². The number of amides is 1. The van der Waals surface area contributed by atoms with E-state index in [1.165, 1.54) is 0 Å². The number of aryl methyl sites for hydroxylation is 2. The van der Waals surface area contributed by atoms with Crippen LogP contribution in [0.25, 0.3) is 0 Å². The number of esters is 1. The van der Waals surface area contributed by atoms with E-state index in [2.05, 4.69) is 5.32 Å². The first-order valence-corrected chi connectivity index (χ1v) is 7.20. The highest BCUT2D eigenvalue weighted by Crippen LogP contribution is 2.38. The first-order chi connectivity index (χ1) is 10.6. The number of anilines is 1. The summed E-state index contributed by atoms with van der Waals surface area (Å²) in [7, 11) is 0. The van der Waals surface area contributed by atoms with Crippen molar-refractivity contribution in [2.45, 2.75) is 26.4 Å². The Balaban J connectivity index is 1.81. The van der Waals surface area contributed by atoms with Gasteiger partial charge in [-0.15, -0.1) is 0 Å². The van der Waals surface area contributed by atoms with E-state index in [1.54, 1.807) is 0 Å². The van der Waals surface area contributed by atoms with Crippen molar-refractivity contribution in [3.05, 3.63) is 64.7 Å². The minimum Gasteiger partial charge on any atom is -0.447 e. The second-order valence-electron chi connectivity index (χ2n) is 5.51. The van der Waals surface area contributed by atoms with Gasteiger partial charge in [0.2, 0.25) is 6.10 Å². The fourth-order valence-electron chi connectivity index (χ4n) is 2.70. The van der Waals surface area contributed by atoms with E-state index < -0.39 is 12.1 Å². The number of carbonyl (C=O) groups excluding carboxylic acids is 2. The summed E-state index contributed by atoms with van der Waals surface area (Å²) < 4.78 is 5.44. The van der Waals surface area contributed by atoms with Gasteiger partial charge in [0, 0.05) is 5.56 Å². The van der Waals surface area contributed by atoms with E-state index in [-0.39, 0.29) is 12.3 Å². The minimum absolute atomic E-state index is 0.158. The van der Waals surface area contributed by atoms with Gasteiger partial charge < -0.3 is 10.1 Å². The lowest BCUT2D eigenvalue weighted by Gasteiger charge is -2.13. The van der Waals surface area contributed by atoms with E-state index in [1.807, 2.05) is 56.3 Å². The quantitative estimate of drug-likeness (QED) is 0.885. The average Bonchev–Trinajstić information content (AvgIpc) is 2.82. The Kier molecular flexibility index (Phi) is 3.67. The molecule has 1 aliphatic rings. The summed E-state index contributed by atoms with van der Waals surface area (Å²) in [4.78, 5) is 24.3. The number of benzene rings is 2. The molecule has 1 heterocycles. The van der Waals surface area contributed by atoms with Gasteiger partial charge in [-0.3, -0.25) is 9.59 Å². The third-order valence-corrected chi connectivity index (χ3v) is 3.86. The highest BCUT2D eigenvalue weighted by Gasteiger charge is 2.36. The van der Waals surface area contributed by atoms with Crippen molar-refractivity contribution >= 4 is 17.6 Å². The molecule has 0 saturated carbocycles. The Morgan fingerprint density at radius 3 is 2.50 bits per heavy atom. The second kappa shape index (κ2) is 5.64. The molecule has 0 bridgehead atoms. The summed E-state index contributed by atoms with van der Waals surface area (Å²) in [6.45, 7) is 3.84. The molecule has 4 nitrogen and oxygen atoms in total. The Hall–Kier alpha value is -2.62. The molecular weight excluding hydrogens is 278 g/mol. The van der Waals surface area contributed by atoms with Crippen LogP contribution in [-0.2, 0) is 20.7 Å². The zero-order valence-corrected chi connectivity index (χ0v) is 12.6. The van der Waals surface area contributed by atoms with Crippen LogP contribution in [0.4, 0.5) is 5.69 Å². The molecule has 0 fully saturated rings. The third kappa shape index (κ3) is 2.60. The number of ether oxygens (including phenoxy) is 1. The fourth-order valence-corrected chi connectivity index (χ4v) is 2.70. The topological polar surface area (TPSA) is 55.4 Å². The third-order valence-electron chi connectivity index (χ3n) is 3.86. The zero-order valence-electron chi connectivity index (χ0n) is 12.6. The van der Waals surface area contributed by atoms with Gasteiger partial charge in [-0.25, -0.2) is 0 Å². The van der Waals surface area contributed by atoms with Gasteiger partial charge in [0.15, 0.2) is 0 Å². The van der Waals surface area contributed by atoms with Gasteiger partial charge in [-0.2, -0.15) is 0 Å². The van der Waals surface area contributed by atoms with Crippen molar-refractivity contribution in [3.8, 4) is 0 Å². The SMILES string of the molecule is Cc1ccc(C)c2c1NC(=O)C2OC(=O)Cc1ccccc1. The maximum absolute atomic E-state index is 12.1. The van der Waals surface area contributed by atoms with Crippen LogP contribution in [0.5, 0.6) is 0 Å². The largest absolute Gasteiger partial charge is 0.447 e. The van der Waals surface area contributed by atoms with Crippen molar-refractivity contribution in [1.82, 2.24) is 0 Å². The van der Waals surface area contributed by atoms with Crippen LogP contribution >= 0.6 is 0 Å². The minimum atomic E-state index is -0.855. The van der Waals surface area contributed by atoms with Crippen LogP contribution in [-0.4, -0.2) is 11.9 Å². The molecule has 1 atom stereocenters. The Labute approximate surface area is 129 Å². The molecular formula is C18H17NO3. The Morgan fingerprint density at radius 1 is 1.09 bits per heavy atom. The van der Waals surface area contributed by atoms with Crippen LogP contribution in [0, 0.1) is 13.8 Å². The maximum atomic E-state index is 12.1. The van der Waals surface area contributed by atoms with Crippen LogP contribution in [0.3, 0.4) is 0 Å². The Morgan fingerprint density at radius 2 is 1.77 bits per heavy atom. The molecule has 112 valence electrons. The Bertz CT molecular complexity index is 737. The summed E-state index contributed by atoms with van der Waals surface area (Å²) in [5.74, 6) is -0.686. The van der Waals surface area contributed by atoms with Gasteiger partial charge in [-0.1, -0.05) is 42.5 Å². The molecule has 0 radical (unpaired) electrons. The van der Waals surface area contributed by atoms with E-state index in [0.29, 0.717) is 0 Å². The number of rotatable bonds is 3. The molecule has 0 saturated heterocycles. The van der Waals surface area contributed by atoms with Crippen LogP contribution < -0.4 is 5.32 Å². The second-order valence-corrected chi connectivity index (χ2v) is 5.51. The monoisotopic (exact) mass is 295 g/mol. The highest BCUT2D eigenvalue weighted by molar-refractivity contribution is 6.04. The predicted octanol–water partition coefficient (Wildman–Crippen LogP) is 3.08. The molecule has 0 spiro atoms. The predicted molar refractivity (Wildman–Crippen MR) is 83.5 cm³/mol. The van der Waals surface area contributed by atoms with Crippen LogP contribution in [0.1, 0.15) is 28.4 Å². The van der Waals surface area contributed by atoms with E-state index in [4.69, 9.17) is 4.74 Å². The molecule has 22 heavy (non-hydrogen) atoms. The first kappa shape index (κ1) is 14.3. The van der Waals surface area contributed by atoms with Gasteiger partial charge >= 0.3 is 5.97 Å². The van der Waals surface area contributed by atoms with Crippen molar-refractivity contribution < 1.29 is 14.3 Å². The van der Waals surface area contributed by atoms with Crippen molar-refractivity contribution in [1.29, 1.82) is 0 Å². The van der Waals surface area contributed by atoms with Gasteiger partial charge in [0.1, 0.15) is 0 Å². The van der Waals surface area contributed by atoms with Gasteiger partial charge in [-0.05, 0) is 30.5 Å². The number of hydrogen-bond acceptors (Lipinski definition) is 3. The normalized spacial score (nSPS) is 16.1. The van der Waals surface area contributed by atoms with Gasteiger partial charge in [0.25, 0.3) is 5.91 Å². The molecule has 0 aromatic heterocycles. The number of nitrogens with one attached hydrogen (secondary N) is 1. The molecule has 3 rings (SSSR count). The van der Waals surface area contributed by atoms with Crippen LogP contribution in [0.15, 0.2) is 42.5 Å². The van der Waals surface area contributed by atoms with Crippen molar-refractivity contribution in [2.24, 2.45) is 0 Å². The maximum Gasteiger partial charge on any atom is 0.311 e. The summed E-state index contributed by atoms with van der Waals surface area (Å²) in [5.41, 5.74) is 4.31. The summed E-state index contributed by atoms with van der Waals surface area (Å²) in [6.07, 6.45) is -0.698. The molecule has 1 unspecified atom stereocenters. The van der Waals surface area contributed by atoms with E-state index in [9.17, 15) is 9.59 Å². The fraction of sp³-hybridized carbons (Fsp3) is 0.222. The summed E-state index contributed by atoms with van der Waals surface area (Å²) in [6, 6.07) is 13.2. The molecule has 2 aromatic rings. The number of hydrogen-bond donors (Lipinski definition) is 1. The summed E-state index contributed by atoms with van der Waals surface area (Å²) in [5, 5.41) is 2.81. The zero-order chi connectivity index (χ0) is 15.7. The number of carbonyl (C=O) groups is 2. The van der Waals surface area contributed by atoms with Crippen LogP contribution in [0.2, 0.25) is 0 Å². The molecule has 1 aliphatic heterocycles. The molecule has 1 N–H and O–H groups in total. The smallest absolute Gasteiger partial charge is 0.311 e. The van der Waals surface area contributed by atoms with E-state index in [0.717, 1.165) is 27.9 Å². The lowest BCUT2D eigenvalue weighted by atomic mass is 10.0. The summed E-state index contributed by atoms with van der Waals surface area (Å²) >= 11 is 0. The van der Waals surface area contributed by atoms with Crippen molar-refractivity contribution in [2.75, 3.05) is 5.32 Å². The van der Waals surface area contributed by atoms with E-state index >= 15 is 0 Å². The highest BCUT2D eigenvalue weighted by atomic mass is 16.5.